The van der Waals surface area contributed by atoms with Crippen molar-refractivity contribution in [3.8, 4) is 0 Å². The number of nitrogens with zero attached hydrogens (tertiary/aromatic N) is 1. The van der Waals surface area contributed by atoms with Gasteiger partial charge >= 0.3 is 5.97 Å². The number of ether oxygens (including phenoxy) is 1. The van der Waals surface area contributed by atoms with Crippen LogP contribution >= 0.6 is 11.8 Å². The van der Waals surface area contributed by atoms with Gasteiger partial charge in [0.25, 0.3) is 5.24 Å². The van der Waals surface area contributed by atoms with E-state index in [4.69, 9.17) is 4.74 Å². The van der Waals surface area contributed by atoms with Crippen LogP contribution in [0.15, 0.2) is 95.9 Å². The molecule has 0 aliphatic heterocycles. The standard InChI is InChI=1S/C29H31NO3S/c1-3-4-21-30(29(32)34-27-20-12-11-18-26(27)28(31)33-2)22-13-19-25(23-14-7-5-8-15-23)24-16-9-6-10-17-24/h5-12,14-20H,3-4,13,21-22H2,1-2H3. The molecule has 0 unspecified atom stereocenters. The minimum atomic E-state index is -0.436. The van der Waals surface area contributed by atoms with Gasteiger partial charge in [-0.2, -0.15) is 0 Å². The summed E-state index contributed by atoms with van der Waals surface area (Å²) >= 11 is 1.09. The SMILES string of the molecule is CCCCN(CCC=C(c1ccccc1)c1ccccc1)C(=O)Sc1ccccc1C(=O)OC. The Bertz CT molecular complexity index is 1060. The van der Waals surface area contributed by atoms with Gasteiger partial charge in [0.05, 0.1) is 12.7 Å². The van der Waals surface area contributed by atoms with Gasteiger partial charge in [-0.25, -0.2) is 4.79 Å². The maximum atomic E-state index is 13.2. The maximum Gasteiger partial charge on any atom is 0.339 e. The molecule has 0 radical (unpaired) electrons. The molecule has 5 heteroatoms. The van der Waals surface area contributed by atoms with Gasteiger partial charge in [-0.15, -0.1) is 0 Å². The van der Waals surface area contributed by atoms with Gasteiger partial charge in [-0.3, -0.25) is 4.79 Å². The summed E-state index contributed by atoms with van der Waals surface area (Å²) in [5.41, 5.74) is 3.88. The van der Waals surface area contributed by atoms with Gasteiger partial charge in [0, 0.05) is 18.0 Å². The predicted molar refractivity (Wildman–Crippen MR) is 140 cm³/mol. The van der Waals surface area contributed by atoms with Crippen molar-refractivity contribution in [2.75, 3.05) is 20.2 Å². The lowest BCUT2D eigenvalue weighted by atomic mass is 9.97. The largest absolute Gasteiger partial charge is 0.465 e. The molecular formula is C29H31NO3S. The third-order valence-electron chi connectivity index (χ3n) is 5.45. The average Bonchev–Trinajstić information content (AvgIpc) is 2.89. The number of amides is 1. The highest BCUT2D eigenvalue weighted by Gasteiger charge is 2.19. The van der Waals surface area contributed by atoms with E-state index < -0.39 is 5.97 Å². The van der Waals surface area contributed by atoms with E-state index >= 15 is 0 Å². The van der Waals surface area contributed by atoms with E-state index in [1.165, 1.54) is 7.11 Å². The van der Waals surface area contributed by atoms with E-state index in [-0.39, 0.29) is 5.24 Å². The summed E-state index contributed by atoms with van der Waals surface area (Å²) in [6.07, 6.45) is 4.87. The van der Waals surface area contributed by atoms with Crippen LogP contribution in [0.4, 0.5) is 4.79 Å². The summed E-state index contributed by atoms with van der Waals surface area (Å²) in [5.74, 6) is -0.436. The molecule has 0 aliphatic rings. The first-order chi connectivity index (χ1) is 16.6. The second kappa shape index (κ2) is 13.4. The predicted octanol–water partition coefficient (Wildman–Crippen LogP) is 7.31. The van der Waals surface area contributed by atoms with Crippen molar-refractivity contribution in [1.82, 2.24) is 4.90 Å². The monoisotopic (exact) mass is 473 g/mol. The van der Waals surface area contributed by atoms with Crippen molar-refractivity contribution in [2.45, 2.75) is 31.1 Å². The minimum absolute atomic E-state index is 0.0563. The van der Waals surface area contributed by atoms with Crippen molar-refractivity contribution in [1.29, 1.82) is 0 Å². The number of rotatable bonds is 10. The summed E-state index contributed by atoms with van der Waals surface area (Å²) < 4.78 is 4.87. The second-order valence-electron chi connectivity index (χ2n) is 7.83. The van der Waals surface area contributed by atoms with Crippen LogP contribution in [0.25, 0.3) is 5.57 Å². The van der Waals surface area contributed by atoms with Gasteiger partial charge in [-0.1, -0.05) is 92.2 Å². The molecule has 0 bridgehead atoms. The fourth-order valence-corrected chi connectivity index (χ4v) is 4.55. The number of unbranched alkanes of at least 4 members (excludes halogenated alkanes) is 1. The Morgan fingerprint density at radius 2 is 1.44 bits per heavy atom. The first-order valence-electron chi connectivity index (χ1n) is 11.6. The number of carbonyl (C=O) groups excluding carboxylic acids is 2. The Balaban J connectivity index is 1.77. The molecule has 0 atom stereocenters. The topological polar surface area (TPSA) is 46.6 Å². The molecular weight excluding hydrogens is 442 g/mol. The van der Waals surface area contributed by atoms with Crippen molar-refractivity contribution in [3.63, 3.8) is 0 Å². The second-order valence-corrected chi connectivity index (χ2v) is 8.83. The molecule has 0 N–H and O–H groups in total. The van der Waals surface area contributed by atoms with Crippen LogP contribution in [0.2, 0.25) is 0 Å². The van der Waals surface area contributed by atoms with Crippen LogP contribution in [0, 0.1) is 0 Å². The van der Waals surface area contributed by atoms with E-state index in [1.54, 1.807) is 18.2 Å². The first-order valence-corrected chi connectivity index (χ1v) is 12.4. The zero-order valence-electron chi connectivity index (χ0n) is 19.8. The maximum absolute atomic E-state index is 13.2. The molecule has 0 heterocycles. The summed E-state index contributed by atoms with van der Waals surface area (Å²) in [5, 5.41) is -0.0563. The molecule has 0 saturated heterocycles. The summed E-state index contributed by atoms with van der Waals surface area (Å²) in [6.45, 7) is 3.41. The zero-order valence-corrected chi connectivity index (χ0v) is 20.6. The first kappa shape index (κ1) is 25.3. The molecule has 4 nitrogen and oxygen atoms in total. The fraction of sp³-hybridized carbons (Fsp3) is 0.241. The molecule has 34 heavy (non-hydrogen) atoms. The van der Waals surface area contributed by atoms with Gasteiger partial charge in [0.2, 0.25) is 0 Å². The van der Waals surface area contributed by atoms with E-state index in [1.807, 2.05) is 47.4 Å². The molecule has 0 aromatic heterocycles. The average molecular weight is 474 g/mol. The number of benzene rings is 3. The van der Waals surface area contributed by atoms with Crippen LogP contribution in [0.3, 0.4) is 0 Å². The zero-order chi connectivity index (χ0) is 24.2. The fourth-order valence-electron chi connectivity index (χ4n) is 3.64. The molecule has 3 aromatic rings. The number of hydrogen-bond donors (Lipinski definition) is 0. The Morgan fingerprint density at radius 3 is 2.03 bits per heavy atom. The Labute approximate surface area is 206 Å². The highest BCUT2D eigenvalue weighted by atomic mass is 32.2. The molecule has 3 aromatic carbocycles. The summed E-state index contributed by atoms with van der Waals surface area (Å²) in [7, 11) is 1.35. The lowest BCUT2D eigenvalue weighted by Crippen LogP contribution is -2.29. The number of methoxy groups -OCH3 is 1. The molecule has 3 rings (SSSR count). The van der Waals surface area contributed by atoms with Gasteiger partial charge < -0.3 is 9.64 Å². The van der Waals surface area contributed by atoms with Crippen LogP contribution in [0.1, 0.15) is 47.7 Å². The van der Waals surface area contributed by atoms with Crippen LogP contribution in [0.5, 0.6) is 0 Å². The molecule has 1 amide bonds. The molecule has 0 aliphatic carbocycles. The Kier molecular flexibility index (Phi) is 9.98. The smallest absolute Gasteiger partial charge is 0.339 e. The summed E-state index contributed by atoms with van der Waals surface area (Å²) in [6, 6.07) is 27.7. The van der Waals surface area contributed by atoms with Crippen LogP contribution in [-0.4, -0.2) is 36.3 Å². The molecule has 0 saturated carbocycles. The minimum Gasteiger partial charge on any atom is -0.465 e. The van der Waals surface area contributed by atoms with Crippen molar-refractivity contribution in [3.05, 3.63) is 108 Å². The van der Waals surface area contributed by atoms with Crippen LogP contribution in [-0.2, 0) is 4.74 Å². The quantitative estimate of drug-likeness (QED) is 0.229. The van der Waals surface area contributed by atoms with Crippen molar-refractivity contribution >= 4 is 28.5 Å². The molecule has 176 valence electrons. The number of thioether (sulfide) groups is 1. The normalized spacial score (nSPS) is 10.4. The molecule has 0 spiro atoms. The van der Waals surface area contributed by atoms with Gasteiger partial charge in [0.1, 0.15) is 0 Å². The number of carbonyl (C=O) groups is 2. The third kappa shape index (κ3) is 7.09. The highest BCUT2D eigenvalue weighted by Crippen LogP contribution is 2.27. The lowest BCUT2D eigenvalue weighted by molar-refractivity contribution is 0.0597. The Hall–Kier alpha value is -3.31. The highest BCUT2D eigenvalue weighted by molar-refractivity contribution is 8.13. The number of esters is 1. The summed E-state index contributed by atoms with van der Waals surface area (Å²) in [4.78, 5) is 27.8. The van der Waals surface area contributed by atoms with E-state index in [9.17, 15) is 9.59 Å². The molecule has 0 fully saturated rings. The Morgan fingerprint density at radius 1 is 0.853 bits per heavy atom. The third-order valence-corrected chi connectivity index (χ3v) is 6.46. The van der Waals surface area contributed by atoms with E-state index in [2.05, 4.69) is 37.3 Å². The number of hydrogen-bond acceptors (Lipinski definition) is 4. The lowest BCUT2D eigenvalue weighted by Gasteiger charge is -2.22. The van der Waals surface area contributed by atoms with Crippen molar-refractivity contribution < 1.29 is 14.3 Å². The van der Waals surface area contributed by atoms with Gasteiger partial charge in [0.15, 0.2) is 0 Å². The van der Waals surface area contributed by atoms with Crippen molar-refractivity contribution in [2.24, 2.45) is 0 Å². The van der Waals surface area contributed by atoms with E-state index in [0.29, 0.717) is 23.5 Å². The van der Waals surface area contributed by atoms with Crippen LogP contribution < -0.4 is 0 Å². The van der Waals surface area contributed by atoms with Gasteiger partial charge in [-0.05, 0) is 53.4 Å². The van der Waals surface area contributed by atoms with E-state index in [0.717, 1.165) is 47.7 Å².